The highest BCUT2D eigenvalue weighted by atomic mass is 35.5. The van der Waals surface area contributed by atoms with Gasteiger partial charge in [0, 0.05) is 16.1 Å². The summed E-state index contributed by atoms with van der Waals surface area (Å²) < 4.78 is 2.11. The summed E-state index contributed by atoms with van der Waals surface area (Å²) in [6, 6.07) is 9.86. The van der Waals surface area contributed by atoms with E-state index in [1.807, 2.05) is 38.1 Å². The van der Waals surface area contributed by atoms with Crippen LogP contribution < -0.4 is 0 Å². The van der Waals surface area contributed by atoms with Crippen molar-refractivity contribution in [3.8, 4) is 5.00 Å². The molecule has 1 atom stereocenters. The lowest BCUT2D eigenvalue weighted by molar-refractivity contribution is 0.724. The third-order valence-corrected chi connectivity index (χ3v) is 4.92. The number of nitrogens with zero attached hydrogens (tertiary/aromatic N) is 4. The second-order valence-electron chi connectivity index (χ2n) is 5.24. The number of thiophene rings is 1. The van der Waals surface area contributed by atoms with E-state index in [2.05, 4.69) is 26.2 Å². The smallest absolute Gasteiger partial charge is 0.162 e. The largest absolute Gasteiger partial charge is 0.273 e. The number of aryl methyl sites for hydroxylation is 1. The molecular weight excluding hydrogens is 316 g/mol. The summed E-state index contributed by atoms with van der Waals surface area (Å²) in [5, 5.41) is 12.4. The van der Waals surface area contributed by atoms with Gasteiger partial charge in [-0.1, -0.05) is 23.7 Å². The van der Waals surface area contributed by atoms with Gasteiger partial charge < -0.3 is 0 Å². The van der Waals surface area contributed by atoms with Gasteiger partial charge in [0.1, 0.15) is 16.9 Å². The third-order valence-electron chi connectivity index (χ3n) is 3.77. The summed E-state index contributed by atoms with van der Waals surface area (Å²) in [6.45, 7) is 4.02. The van der Waals surface area contributed by atoms with E-state index in [4.69, 9.17) is 16.6 Å². The second kappa shape index (κ2) is 5.04. The molecule has 1 aliphatic heterocycles. The molecule has 0 bridgehead atoms. The van der Waals surface area contributed by atoms with Crippen LogP contribution in [0.3, 0.4) is 0 Å². The van der Waals surface area contributed by atoms with Gasteiger partial charge in [-0.05, 0) is 37.4 Å². The topological polar surface area (TPSA) is 43.1 Å². The van der Waals surface area contributed by atoms with E-state index in [9.17, 15) is 0 Å². The molecule has 110 valence electrons. The Kier molecular flexibility index (Phi) is 3.13. The molecule has 1 aromatic carbocycles. The molecule has 3 heterocycles. The van der Waals surface area contributed by atoms with Gasteiger partial charge in [0.25, 0.3) is 0 Å². The number of fused-ring (bicyclic) bond motifs is 3. The number of benzene rings is 1. The average Bonchev–Trinajstić information content (AvgIpc) is 3.09. The van der Waals surface area contributed by atoms with E-state index in [0.29, 0.717) is 0 Å². The highest BCUT2D eigenvalue weighted by Crippen LogP contribution is 2.33. The molecule has 4 rings (SSSR count). The van der Waals surface area contributed by atoms with Gasteiger partial charge in [0.2, 0.25) is 0 Å². The predicted molar refractivity (Wildman–Crippen MR) is 89.5 cm³/mol. The maximum absolute atomic E-state index is 6.01. The number of hydrogen-bond acceptors (Lipinski definition) is 4. The molecule has 1 aliphatic rings. The lowest BCUT2D eigenvalue weighted by Gasteiger charge is -2.07. The molecule has 0 saturated heterocycles. The van der Waals surface area contributed by atoms with Crippen molar-refractivity contribution in [1.82, 2.24) is 14.8 Å². The number of aliphatic imine (C=N–C) groups is 1. The zero-order chi connectivity index (χ0) is 15.3. The molecule has 0 unspecified atom stereocenters. The van der Waals surface area contributed by atoms with Gasteiger partial charge in [-0.3, -0.25) is 9.56 Å². The minimum absolute atomic E-state index is 0.0496. The Morgan fingerprint density at radius 1 is 1.14 bits per heavy atom. The molecule has 4 nitrogen and oxygen atoms in total. The maximum Gasteiger partial charge on any atom is 0.162 e. The summed E-state index contributed by atoms with van der Waals surface area (Å²) in [5.41, 5.74) is 3.15. The molecule has 0 amide bonds. The SMILES string of the molecule is Cc1nnc2n1-c1sccc1C(c1ccc(Cl)cc1)=N[C@H]2C. The molecule has 0 saturated carbocycles. The van der Waals surface area contributed by atoms with Crippen LogP contribution >= 0.6 is 22.9 Å². The molecule has 0 spiro atoms. The summed E-state index contributed by atoms with van der Waals surface area (Å²) >= 11 is 7.69. The molecule has 6 heteroatoms. The van der Waals surface area contributed by atoms with Crippen LogP contribution in [-0.2, 0) is 0 Å². The first-order chi connectivity index (χ1) is 10.6. The molecule has 22 heavy (non-hydrogen) atoms. The van der Waals surface area contributed by atoms with Crippen LogP contribution in [0.25, 0.3) is 5.00 Å². The number of hydrogen-bond donors (Lipinski definition) is 0. The summed E-state index contributed by atoms with van der Waals surface area (Å²) in [6.07, 6.45) is 0. The monoisotopic (exact) mass is 328 g/mol. The van der Waals surface area contributed by atoms with Gasteiger partial charge in [0.05, 0.1) is 5.71 Å². The van der Waals surface area contributed by atoms with Crippen molar-refractivity contribution >= 4 is 28.6 Å². The second-order valence-corrected chi connectivity index (χ2v) is 6.57. The Balaban J connectivity index is 1.97. The lowest BCUT2D eigenvalue weighted by Crippen LogP contribution is -2.05. The van der Waals surface area contributed by atoms with Crippen molar-refractivity contribution in [2.24, 2.45) is 4.99 Å². The fourth-order valence-electron chi connectivity index (χ4n) is 2.71. The first-order valence-electron chi connectivity index (χ1n) is 6.99. The van der Waals surface area contributed by atoms with Crippen molar-refractivity contribution in [3.63, 3.8) is 0 Å². The molecule has 0 radical (unpaired) electrons. The summed E-state index contributed by atoms with van der Waals surface area (Å²) in [7, 11) is 0. The Bertz CT molecular complexity index is 876. The van der Waals surface area contributed by atoms with Crippen molar-refractivity contribution in [2.75, 3.05) is 0 Å². The number of halogens is 1. The van der Waals surface area contributed by atoms with Crippen LogP contribution in [0.1, 0.15) is 35.7 Å². The molecule has 3 aromatic rings. The maximum atomic E-state index is 6.01. The first-order valence-corrected chi connectivity index (χ1v) is 8.25. The Labute approximate surface area is 137 Å². The lowest BCUT2D eigenvalue weighted by atomic mass is 10.0. The van der Waals surface area contributed by atoms with Crippen LogP contribution in [-0.4, -0.2) is 20.5 Å². The fraction of sp³-hybridized carbons (Fsp3) is 0.188. The van der Waals surface area contributed by atoms with Crippen molar-refractivity contribution in [3.05, 3.63) is 63.5 Å². The summed E-state index contributed by atoms with van der Waals surface area (Å²) in [4.78, 5) is 4.90. The Hall–Kier alpha value is -1.98. The highest BCUT2D eigenvalue weighted by molar-refractivity contribution is 7.13. The van der Waals surface area contributed by atoms with Gasteiger partial charge in [-0.25, -0.2) is 0 Å². The molecule has 0 fully saturated rings. The molecule has 0 N–H and O–H groups in total. The van der Waals surface area contributed by atoms with Gasteiger partial charge in [0.15, 0.2) is 5.82 Å². The van der Waals surface area contributed by atoms with E-state index in [1.165, 1.54) is 0 Å². The minimum atomic E-state index is -0.0496. The van der Waals surface area contributed by atoms with Crippen molar-refractivity contribution in [1.29, 1.82) is 0 Å². The summed E-state index contributed by atoms with van der Waals surface area (Å²) in [5.74, 6) is 1.77. The average molecular weight is 329 g/mol. The quantitative estimate of drug-likeness (QED) is 0.671. The Morgan fingerprint density at radius 2 is 1.91 bits per heavy atom. The van der Waals surface area contributed by atoms with E-state index in [1.54, 1.807) is 11.3 Å². The van der Waals surface area contributed by atoms with E-state index in [0.717, 1.165) is 38.5 Å². The zero-order valence-electron chi connectivity index (χ0n) is 12.1. The molecule has 2 aromatic heterocycles. The predicted octanol–water partition coefficient (Wildman–Crippen LogP) is 4.20. The Morgan fingerprint density at radius 3 is 2.68 bits per heavy atom. The fourth-order valence-corrected chi connectivity index (χ4v) is 3.80. The molecule has 0 aliphatic carbocycles. The molecular formula is C16H13ClN4S. The minimum Gasteiger partial charge on any atom is -0.273 e. The zero-order valence-corrected chi connectivity index (χ0v) is 13.7. The van der Waals surface area contributed by atoms with Crippen LogP contribution in [0.15, 0.2) is 40.7 Å². The van der Waals surface area contributed by atoms with Crippen LogP contribution in [0.4, 0.5) is 0 Å². The van der Waals surface area contributed by atoms with E-state index < -0.39 is 0 Å². The van der Waals surface area contributed by atoms with Crippen LogP contribution in [0, 0.1) is 6.92 Å². The van der Waals surface area contributed by atoms with Crippen LogP contribution in [0.5, 0.6) is 0 Å². The number of aromatic nitrogens is 3. The number of rotatable bonds is 1. The van der Waals surface area contributed by atoms with Gasteiger partial charge in [-0.2, -0.15) is 0 Å². The first kappa shape index (κ1) is 13.7. The van der Waals surface area contributed by atoms with E-state index >= 15 is 0 Å². The highest BCUT2D eigenvalue weighted by Gasteiger charge is 2.26. The third kappa shape index (κ3) is 2.01. The van der Waals surface area contributed by atoms with Gasteiger partial charge >= 0.3 is 0 Å². The van der Waals surface area contributed by atoms with E-state index in [-0.39, 0.29) is 6.04 Å². The van der Waals surface area contributed by atoms with Crippen LogP contribution in [0.2, 0.25) is 5.02 Å². The van der Waals surface area contributed by atoms with Crippen molar-refractivity contribution < 1.29 is 0 Å². The van der Waals surface area contributed by atoms with Gasteiger partial charge in [-0.15, -0.1) is 21.5 Å². The standard InChI is InChI=1S/C16H13ClN4S/c1-9-15-20-19-10(2)21(15)16-13(7-8-22-16)14(18-9)11-3-5-12(17)6-4-11/h3-9H,1-2H3/t9-/m0/s1. The normalized spacial score (nSPS) is 16.7. The van der Waals surface area contributed by atoms with Crippen molar-refractivity contribution in [2.45, 2.75) is 19.9 Å².